The van der Waals surface area contributed by atoms with Crippen molar-refractivity contribution in [3.8, 4) is 5.75 Å². The highest BCUT2D eigenvalue weighted by molar-refractivity contribution is 7.89. The van der Waals surface area contributed by atoms with E-state index in [1.165, 1.54) is 30.9 Å². The van der Waals surface area contributed by atoms with Gasteiger partial charge in [0.25, 0.3) is 5.91 Å². The summed E-state index contributed by atoms with van der Waals surface area (Å²) in [5, 5.41) is 0. The number of carbonyl (C=O) groups excluding carboxylic acids is 1. The van der Waals surface area contributed by atoms with Gasteiger partial charge in [-0.15, -0.1) is 0 Å². The third-order valence-electron chi connectivity index (χ3n) is 5.26. The molecule has 0 aliphatic carbocycles. The zero-order valence-electron chi connectivity index (χ0n) is 16.5. The van der Waals surface area contributed by atoms with E-state index in [0.29, 0.717) is 6.54 Å². The molecule has 0 saturated carbocycles. The van der Waals surface area contributed by atoms with Crippen molar-refractivity contribution in [3.63, 3.8) is 0 Å². The van der Waals surface area contributed by atoms with Crippen LogP contribution < -0.4 is 15.2 Å². The molecule has 1 fully saturated rings. The molecule has 1 heterocycles. The van der Waals surface area contributed by atoms with Gasteiger partial charge in [0.1, 0.15) is 5.75 Å². The number of primary amides is 1. The van der Waals surface area contributed by atoms with Crippen molar-refractivity contribution in [2.45, 2.75) is 24.3 Å². The van der Waals surface area contributed by atoms with Crippen LogP contribution in [0.4, 0.5) is 0 Å². The molecule has 0 aromatic heterocycles. The van der Waals surface area contributed by atoms with Gasteiger partial charge in [-0.05, 0) is 55.6 Å². The Morgan fingerprint density at radius 1 is 1.17 bits per heavy atom. The Kier molecular flexibility index (Phi) is 6.89. The number of likely N-dealkylation sites (tertiary alicyclic amines) is 1. The minimum absolute atomic E-state index is 0.00798. The maximum Gasteiger partial charge on any atom is 0.252 e. The number of nitrogens with zero attached hydrogens (tertiary/aromatic N) is 1. The molecule has 1 aliphatic heterocycles. The van der Waals surface area contributed by atoms with Gasteiger partial charge in [-0.1, -0.05) is 30.3 Å². The molecule has 3 rings (SSSR count). The normalized spacial score (nSPS) is 15.9. The summed E-state index contributed by atoms with van der Waals surface area (Å²) in [7, 11) is -2.33. The summed E-state index contributed by atoms with van der Waals surface area (Å²) >= 11 is 0. The SMILES string of the molecule is COc1ccc(S(=O)(=O)NCC2CCN(Cc3ccccc3)CC2)cc1C(N)=O. The van der Waals surface area contributed by atoms with Gasteiger partial charge < -0.3 is 10.5 Å². The topological polar surface area (TPSA) is 102 Å². The van der Waals surface area contributed by atoms with Gasteiger partial charge in [0.15, 0.2) is 0 Å². The lowest BCUT2D eigenvalue weighted by atomic mass is 9.97. The fraction of sp³-hybridized carbons (Fsp3) is 0.381. The summed E-state index contributed by atoms with van der Waals surface area (Å²) < 4.78 is 33.0. The minimum Gasteiger partial charge on any atom is -0.496 e. The van der Waals surface area contributed by atoms with Gasteiger partial charge in [0.2, 0.25) is 10.0 Å². The summed E-state index contributed by atoms with van der Waals surface area (Å²) in [6.07, 6.45) is 1.87. The van der Waals surface area contributed by atoms with Gasteiger partial charge in [0, 0.05) is 13.1 Å². The van der Waals surface area contributed by atoms with Crippen LogP contribution in [0.3, 0.4) is 0 Å². The maximum atomic E-state index is 12.6. The summed E-state index contributed by atoms with van der Waals surface area (Å²) in [5.74, 6) is -0.197. The third-order valence-corrected chi connectivity index (χ3v) is 6.69. The molecule has 7 nitrogen and oxygen atoms in total. The molecule has 29 heavy (non-hydrogen) atoms. The Hall–Kier alpha value is -2.42. The standard InChI is InChI=1S/C21H27N3O4S/c1-28-20-8-7-18(13-19(20)21(22)25)29(26,27)23-14-16-9-11-24(12-10-16)15-17-5-3-2-4-6-17/h2-8,13,16,23H,9-12,14-15H2,1H3,(H2,22,25). The molecule has 1 aliphatic rings. The minimum atomic E-state index is -3.73. The predicted octanol–water partition coefficient (Wildman–Crippen LogP) is 1.98. The molecule has 1 amide bonds. The quantitative estimate of drug-likeness (QED) is 0.684. The number of nitrogens with one attached hydrogen (secondary N) is 1. The van der Waals surface area contributed by atoms with E-state index in [1.807, 2.05) is 18.2 Å². The van der Waals surface area contributed by atoms with Crippen molar-refractivity contribution in [1.29, 1.82) is 0 Å². The highest BCUT2D eigenvalue weighted by Gasteiger charge is 2.23. The lowest BCUT2D eigenvalue weighted by molar-refractivity contribution is 0.0997. The number of amides is 1. The Morgan fingerprint density at radius 3 is 2.48 bits per heavy atom. The largest absolute Gasteiger partial charge is 0.496 e. The number of benzene rings is 2. The molecule has 3 N–H and O–H groups in total. The summed E-state index contributed by atoms with van der Waals surface area (Å²) in [6, 6.07) is 14.4. The van der Waals surface area contributed by atoms with Crippen LogP contribution >= 0.6 is 0 Å². The van der Waals surface area contributed by atoms with Gasteiger partial charge in [-0.3, -0.25) is 9.69 Å². The fourth-order valence-corrected chi connectivity index (χ4v) is 4.69. The molecular weight excluding hydrogens is 390 g/mol. The highest BCUT2D eigenvalue weighted by atomic mass is 32.2. The van der Waals surface area contributed by atoms with Gasteiger partial charge in [-0.2, -0.15) is 0 Å². The number of piperidine rings is 1. The number of rotatable bonds is 8. The van der Waals surface area contributed by atoms with Crippen LogP contribution in [-0.4, -0.2) is 46.0 Å². The van der Waals surface area contributed by atoms with E-state index in [1.54, 1.807) is 0 Å². The van der Waals surface area contributed by atoms with Crippen LogP contribution in [-0.2, 0) is 16.6 Å². The van der Waals surface area contributed by atoms with Crippen molar-refractivity contribution in [3.05, 3.63) is 59.7 Å². The zero-order valence-corrected chi connectivity index (χ0v) is 17.3. The smallest absolute Gasteiger partial charge is 0.252 e. The van der Waals surface area contributed by atoms with Crippen molar-refractivity contribution in [1.82, 2.24) is 9.62 Å². The number of ether oxygens (including phenoxy) is 1. The van der Waals surface area contributed by atoms with Crippen LogP contribution in [0.1, 0.15) is 28.8 Å². The molecule has 1 saturated heterocycles. The van der Waals surface area contributed by atoms with Gasteiger partial charge in [0.05, 0.1) is 17.6 Å². The number of methoxy groups -OCH3 is 1. The first-order chi connectivity index (χ1) is 13.9. The Bertz CT molecular complexity index is 940. The van der Waals surface area contributed by atoms with Crippen LogP contribution in [0.25, 0.3) is 0 Å². The van der Waals surface area contributed by atoms with E-state index in [9.17, 15) is 13.2 Å². The fourth-order valence-electron chi connectivity index (χ4n) is 3.55. The van der Waals surface area contributed by atoms with Crippen LogP contribution in [0.5, 0.6) is 5.75 Å². The molecule has 0 spiro atoms. The van der Waals surface area contributed by atoms with E-state index in [0.717, 1.165) is 32.5 Å². The molecule has 0 bridgehead atoms. The van der Waals surface area contributed by atoms with Crippen molar-refractivity contribution in [2.75, 3.05) is 26.7 Å². The number of nitrogens with two attached hydrogens (primary N) is 1. The second kappa shape index (κ2) is 9.39. The summed E-state index contributed by atoms with van der Waals surface area (Å²) in [4.78, 5) is 13.9. The third kappa shape index (κ3) is 5.56. The molecule has 8 heteroatoms. The van der Waals surface area contributed by atoms with Crippen molar-refractivity contribution in [2.24, 2.45) is 11.7 Å². The molecular formula is C21H27N3O4S. The Labute approximate surface area is 171 Å². The van der Waals surface area contributed by atoms with E-state index in [-0.39, 0.29) is 22.1 Å². The van der Waals surface area contributed by atoms with Crippen LogP contribution in [0.15, 0.2) is 53.4 Å². The van der Waals surface area contributed by atoms with Crippen LogP contribution in [0.2, 0.25) is 0 Å². The van der Waals surface area contributed by atoms with Crippen molar-refractivity contribution >= 4 is 15.9 Å². The number of hydrogen-bond donors (Lipinski definition) is 2. The molecule has 2 aromatic carbocycles. The summed E-state index contributed by atoms with van der Waals surface area (Å²) in [6.45, 7) is 3.17. The molecule has 0 radical (unpaired) electrons. The average molecular weight is 418 g/mol. The van der Waals surface area contributed by atoms with Crippen molar-refractivity contribution < 1.29 is 17.9 Å². The number of sulfonamides is 1. The average Bonchev–Trinajstić information content (AvgIpc) is 2.73. The Morgan fingerprint density at radius 2 is 1.86 bits per heavy atom. The van der Waals surface area contributed by atoms with E-state index < -0.39 is 15.9 Å². The lowest BCUT2D eigenvalue weighted by Gasteiger charge is -2.32. The number of carbonyl (C=O) groups is 1. The first kappa shape index (κ1) is 21.3. The van der Waals surface area contributed by atoms with E-state index >= 15 is 0 Å². The second-order valence-corrected chi connectivity index (χ2v) is 9.05. The highest BCUT2D eigenvalue weighted by Crippen LogP contribution is 2.23. The molecule has 2 aromatic rings. The van der Waals surface area contributed by atoms with E-state index in [2.05, 4.69) is 21.8 Å². The Balaban J connectivity index is 1.55. The molecule has 0 unspecified atom stereocenters. The first-order valence-electron chi connectivity index (χ1n) is 9.63. The first-order valence-corrected chi connectivity index (χ1v) is 11.1. The zero-order chi connectivity index (χ0) is 20.9. The molecule has 156 valence electrons. The maximum absolute atomic E-state index is 12.6. The number of hydrogen-bond acceptors (Lipinski definition) is 5. The van der Waals surface area contributed by atoms with Gasteiger partial charge >= 0.3 is 0 Å². The van der Waals surface area contributed by atoms with E-state index in [4.69, 9.17) is 10.5 Å². The molecule has 0 atom stereocenters. The predicted molar refractivity (Wildman–Crippen MR) is 111 cm³/mol. The van der Waals surface area contributed by atoms with Gasteiger partial charge in [-0.25, -0.2) is 13.1 Å². The monoisotopic (exact) mass is 417 g/mol. The second-order valence-electron chi connectivity index (χ2n) is 7.28. The lowest BCUT2D eigenvalue weighted by Crippen LogP contribution is -2.38. The van der Waals surface area contributed by atoms with Crippen LogP contribution in [0, 0.1) is 5.92 Å². The summed E-state index contributed by atoms with van der Waals surface area (Å²) in [5.41, 5.74) is 6.66.